The molecule has 7 nitrogen and oxygen atoms in total. The van der Waals surface area contributed by atoms with E-state index < -0.39 is 11.9 Å². The maximum absolute atomic E-state index is 12.0. The maximum Gasteiger partial charge on any atom is 0.321 e. The van der Waals surface area contributed by atoms with E-state index in [2.05, 4.69) is 31.9 Å². The molecule has 0 saturated heterocycles. The van der Waals surface area contributed by atoms with Crippen molar-refractivity contribution in [3.05, 3.63) is 28.7 Å². The number of carbonyl (C=O) groups is 3. The number of quaternary nitrogens is 1. The maximum atomic E-state index is 12.0. The number of imide groups is 1. The van der Waals surface area contributed by atoms with Crippen LogP contribution < -0.4 is 20.9 Å². The predicted octanol–water partition coefficient (Wildman–Crippen LogP) is 0.527. The van der Waals surface area contributed by atoms with Crippen molar-refractivity contribution >= 4 is 39.5 Å². The molecule has 0 saturated carbocycles. The lowest BCUT2D eigenvalue weighted by Gasteiger charge is -2.15. The third-order valence-electron chi connectivity index (χ3n) is 3.32. The highest BCUT2D eigenvalue weighted by Crippen LogP contribution is 2.20. The van der Waals surface area contributed by atoms with Gasteiger partial charge in [0.2, 0.25) is 0 Å². The summed E-state index contributed by atoms with van der Waals surface area (Å²) in [5, 5.41) is 7.68. The third-order valence-corrected chi connectivity index (χ3v) is 4.01. The molecule has 4 N–H and O–H groups in total. The first-order valence-electron chi connectivity index (χ1n) is 7.77. The zero-order valence-electron chi connectivity index (χ0n) is 14.1. The number of carbonyl (C=O) groups excluding carboxylic acids is 3. The van der Waals surface area contributed by atoms with Gasteiger partial charge in [0.15, 0.2) is 13.1 Å². The molecule has 24 heavy (non-hydrogen) atoms. The summed E-state index contributed by atoms with van der Waals surface area (Å²) in [6, 6.07) is 6.77. The molecule has 0 heterocycles. The number of rotatable bonds is 7. The fraction of sp³-hybridized carbons (Fsp3) is 0.438. The molecule has 1 aromatic carbocycles. The number of halogens is 1. The second-order valence-electron chi connectivity index (χ2n) is 5.67. The zero-order chi connectivity index (χ0) is 18.1. The van der Waals surface area contributed by atoms with Gasteiger partial charge in [-0.3, -0.25) is 14.9 Å². The number of amides is 4. The highest BCUT2D eigenvalue weighted by Gasteiger charge is 2.17. The minimum atomic E-state index is -0.514. The van der Waals surface area contributed by atoms with Gasteiger partial charge in [-0.25, -0.2) is 4.79 Å². The molecule has 0 spiro atoms. The normalized spacial score (nSPS) is 12.8. The van der Waals surface area contributed by atoms with Gasteiger partial charge in [-0.2, -0.15) is 0 Å². The number of anilines is 1. The van der Waals surface area contributed by atoms with Crippen LogP contribution in [0.2, 0.25) is 0 Å². The van der Waals surface area contributed by atoms with Gasteiger partial charge >= 0.3 is 6.03 Å². The Kier molecular flexibility index (Phi) is 8.42. The summed E-state index contributed by atoms with van der Waals surface area (Å²) in [6.45, 7) is 3.93. The summed E-state index contributed by atoms with van der Waals surface area (Å²) in [5.74, 6) is -0.641. The second kappa shape index (κ2) is 10.0. The van der Waals surface area contributed by atoms with Crippen molar-refractivity contribution < 1.29 is 19.3 Å². The molecule has 0 fully saturated rings. The molecular formula is C16H24BrN4O3+. The summed E-state index contributed by atoms with van der Waals surface area (Å²) in [5.41, 5.74) is 0.674. The van der Waals surface area contributed by atoms with E-state index in [4.69, 9.17) is 0 Å². The van der Waals surface area contributed by atoms with Gasteiger partial charge < -0.3 is 15.5 Å². The van der Waals surface area contributed by atoms with E-state index in [0.29, 0.717) is 10.6 Å². The van der Waals surface area contributed by atoms with E-state index in [1.54, 1.807) is 13.1 Å². The number of para-hydroxylation sites is 1. The Bertz CT molecular complexity index is 594. The van der Waals surface area contributed by atoms with E-state index in [-0.39, 0.29) is 25.0 Å². The van der Waals surface area contributed by atoms with Crippen LogP contribution in [0.25, 0.3) is 0 Å². The van der Waals surface area contributed by atoms with Crippen LogP contribution in [0.1, 0.15) is 20.3 Å². The first-order valence-corrected chi connectivity index (χ1v) is 8.57. The number of likely N-dealkylation sites (N-methyl/N-ethyl adjacent to an activating group) is 1. The molecule has 0 aliphatic rings. The van der Waals surface area contributed by atoms with E-state index in [1.807, 2.05) is 32.0 Å². The van der Waals surface area contributed by atoms with Gasteiger partial charge in [0, 0.05) is 10.5 Å². The molecule has 4 amide bonds. The highest BCUT2D eigenvalue weighted by atomic mass is 79.9. The first-order chi connectivity index (χ1) is 11.3. The zero-order valence-corrected chi connectivity index (χ0v) is 15.7. The van der Waals surface area contributed by atoms with E-state index in [9.17, 15) is 14.4 Å². The highest BCUT2D eigenvalue weighted by molar-refractivity contribution is 9.10. The van der Waals surface area contributed by atoms with E-state index in [1.165, 1.54) is 0 Å². The van der Waals surface area contributed by atoms with Crippen LogP contribution in [0, 0.1) is 0 Å². The number of urea groups is 1. The molecule has 0 aromatic heterocycles. The van der Waals surface area contributed by atoms with Gasteiger partial charge in [-0.05, 0) is 41.4 Å². The molecule has 0 aliphatic heterocycles. The Hall–Kier alpha value is -1.93. The van der Waals surface area contributed by atoms with E-state index in [0.717, 1.165) is 10.9 Å². The fourth-order valence-corrected chi connectivity index (χ4v) is 2.28. The molecular weight excluding hydrogens is 376 g/mol. The molecule has 2 atom stereocenters. The molecule has 1 aromatic rings. The van der Waals surface area contributed by atoms with Crippen molar-refractivity contribution in [2.75, 3.05) is 25.5 Å². The number of hydrogen-bond donors (Lipinski definition) is 4. The number of hydrogen-bond acceptors (Lipinski definition) is 3. The average Bonchev–Trinajstić information content (AvgIpc) is 2.48. The Labute approximate surface area is 150 Å². The summed E-state index contributed by atoms with van der Waals surface area (Å²) in [4.78, 5) is 36.0. The van der Waals surface area contributed by atoms with E-state index >= 15 is 0 Å². The third kappa shape index (κ3) is 7.56. The Morgan fingerprint density at radius 1 is 1.17 bits per heavy atom. The van der Waals surface area contributed by atoms with Crippen molar-refractivity contribution in [2.45, 2.75) is 26.3 Å². The standard InChI is InChI=1S/C16H23BrN4O3/c1-4-11(2)18-16(24)20-15(23)10-21(3)9-14(22)19-13-8-6-5-7-12(13)17/h5-8,11H,4,9-10H2,1-3H3,(H,19,22)(H2,18,20,23,24)/p+1/t11-/m1/s1. The van der Waals surface area contributed by atoms with Crippen LogP contribution in [0.4, 0.5) is 10.5 Å². The number of benzene rings is 1. The minimum Gasteiger partial charge on any atom is -0.335 e. The Morgan fingerprint density at radius 2 is 1.79 bits per heavy atom. The summed E-state index contributed by atoms with van der Waals surface area (Å²) in [6.07, 6.45) is 0.780. The molecule has 1 rings (SSSR count). The predicted molar refractivity (Wildman–Crippen MR) is 95.8 cm³/mol. The Morgan fingerprint density at radius 3 is 2.42 bits per heavy atom. The van der Waals surface area contributed by atoms with Crippen LogP contribution in [0.3, 0.4) is 0 Å². The van der Waals surface area contributed by atoms with Gasteiger partial charge in [-0.1, -0.05) is 19.1 Å². The van der Waals surface area contributed by atoms with Crippen molar-refractivity contribution in [3.8, 4) is 0 Å². The average molecular weight is 400 g/mol. The second-order valence-corrected chi connectivity index (χ2v) is 6.52. The molecule has 1 unspecified atom stereocenters. The SMILES string of the molecule is CC[C@@H](C)NC(=O)NC(=O)C[NH+](C)CC(=O)Nc1ccccc1Br. The summed E-state index contributed by atoms with van der Waals surface area (Å²) in [7, 11) is 1.71. The lowest BCUT2D eigenvalue weighted by Crippen LogP contribution is -3.11. The topological polar surface area (TPSA) is 91.7 Å². The minimum absolute atomic E-state index is 0.00188. The van der Waals surface area contributed by atoms with Crippen LogP contribution in [-0.2, 0) is 9.59 Å². The molecule has 0 radical (unpaired) electrons. The monoisotopic (exact) mass is 399 g/mol. The van der Waals surface area contributed by atoms with Crippen LogP contribution in [0.5, 0.6) is 0 Å². The van der Waals surface area contributed by atoms with Crippen molar-refractivity contribution in [3.63, 3.8) is 0 Å². The van der Waals surface area contributed by atoms with Crippen molar-refractivity contribution in [1.82, 2.24) is 10.6 Å². The molecule has 132 valence electrons. The first kappa shape index (κ1) is 20.1. The van der Waals surface area contributed by atoms with Crippen molar-refractivity contribution in [2.24, 2.45) is 0 Å². The van der Waals surface area contributed by atoms with Crippen LogP contribution >= 0.6 is 15.9 Å². The largest absolute Gasteiger partial charge is 0.335 e. The van der Waals surface area contributed by atoms with Gasteiger partial charge in [0.05, 0.1) is 12.7 Å². The van der Waals surface area contributed by atoms with Crippen LogP contribution in [-0.4, -0.2) is 44.0 Å². The molecule has 8 heteroatoms. The summed E-state index contributed by atoms with van der Waals surface area (Å²) >= 11 is 3.35. The quantitative estimate of drug-likeness (QED) is 0.538. The van der Waals surface area contributed by atoms with Gasteiger partial charge in [0.1, 0.15) is 0 Å². The van der Waals surface area contributed by atoms with Gasteiger partial charge in [0.25, 0.3) is 11.8 Å². The van der Waals surface area contributed by atoms with Gasteiger partial charge in [-0.15, -0.1) is 0 Å². The lowest BCUT2D eigenvalue weighted by molar-refractivity contribution is -0.862. The molecule has 0 bridgehead atoms. The lowest BCUT2D eigenvalue weighted by atomic mass is 10.3. The Balaban J connectivity index is 2.38. The van der Waals surface area contributed by atoms with Crippen LogP contribution in [0.15, 0.2) is 28.7 Å². The fourth-order valence-electron chi connectivity index (χ4n) is 1.90. The van der Waals surface area contributed by atoms with Crippen molar-refractivity contribution in [1.29, 1.82) is 0 Å². The smallest absolute Gasteiger partial charge is 0.321 e. The number of nitrogens with one attached hydrogen (secondary N) is 4. The summed E-state index contributed by atoms with van der Waals surface area (Å²) < 4.78 is 0.787. The molecule has 0 aliphatic carbocycles.